The van der Waals surface area contributed by atoms with E-state index in [1.54, 1.807) is 6.07 Å². The fraction of sp³-hybridized carbons (Fsp3) is 0.0588. The molecule has 0 saturated carbocycles. The second-order valence-corrected chi connectivity index (χ2v) is 7.16. The summed E-state index contributed by atoms with van der Waals surface area (Å²) in [5, 5.41) is 10.5. The summed E-state index contributed by atoms with van der Waals surface area (Å²) in [4.78, 5) is 36.4. The second kappa shape index (κ2) is 7.20. The summed E-state index contributed by atoms with van der Waals surface area (Å²) in [6.07, 6.45) is 1.50. The van der Waals surface area contributed by atoms with E-state index in [0.29, 0.717) is 5.56 Å². The molecule has 1 saturated heterocycles. The third kappa shape index (κ3) is 3.97. The molecule has 0 aliphatic carbocycles. The van der Waals surface area contributed by atoms with E-state index >= 15 is 0 Å². The summed E-state index contributed by atoms with van der Waals surface area (Å²) in [7, 11) is 0. The van der Waals surface area contributed by atoms with Crippen LogP contribution in [0.1, 0.15) is 11.1 Å². The van der Waals surface area contributed by atoms with Gasteiger partial charge in [0.1, 0.15) is 0 Å². The Kier molecular flexibility index (Phi) is 5.00. The van der Waals surface area contributed by atoms with Gasteiger partial charge in [0.2, 0.25) is 0 Å². The van der Waals surface area contributed by atoms with E-state index < -0.39 is 10.8 Å². The molecular weight excluding hydrogens is 408 g/mol. The third-order valence-corrected chi connectivity index (χ3v) is 4.94. The lowest BCUT2D eigenvalue weighted by atomic mass is 10.2. The standard InChI is InChI=1S/C17H11BrN2O4S/c18-13-6-4-11(5-7-13)10-19-16(21)15(25-17(19)22)9-12-2-1-3-14(8-12)20(23)24/h1-9H,10H2/b15-9-. The van der Waals surface area contributed by atoms with Crippen LogP contribution in [-0.2, 0) is 11.3 Å². The largest absolute Gasteiger partial charge is 0.293 e. The normalized spacial score (nSPS) is 15.9. The highest BCUT2D eigenvalue weighted by Crippen LogP contribution is 2.33. The molecule has 1 aliphatic rings. The SMILES string of the molecule is O=C1S/C(=C\c2cccc([N+](=O)[O-])c2)C(=O)N1Cc1ccc(Br)cc1. The molecule has 0 bridgehead atoms. The highest BCUT2D eigenvalue weighted by atomic mass is 79.9. The van der Waals surface area contributed by atoms with Crippen molar-refractivity contribution in [2.45, 2.75) is 6.54 Å². The minimum atomic E-state index is -0.503. The van der Waals surface area contributed by atoms with Crippen molar-refractivity contribution in [1.82, 2.24) is 4.90 Å². The van der Waals surface area contributed by atoms with Crippen molar-refractivity contribution in [2.24, 2.45) is 0 Å². The van der Waals surface area contributed by atoms with Gasteiger partial charge >= 0.3 is 0 Å². The van der Waals surface area contributed by atoms with Crippen LogP contribution in [0.5, 0.6) is 0 Å². The Morgan fingerprint density at radius 3 is 2.56 bits per heavy atom. The van der Waals surface area contributed by atoms with Crippen molar-refractivity contribution in [2.75, 3.05) is 0 Å². The summed E-state index contributed by atoms with van der Waals surface area (Å²) in [6, 6.07) is 13.3. The van der Waals surface area contributed by atoms with Crippen molar-refractivity contribution in [1.29, 1.82) is 0 Å². The Hall–Kier alpha value is -2.45. The van der Waals surface area contributed by atoms with Gasteiger partial charge < -0.3 is 0 Å². The first kappa shape index (κ1) is 17.4. The van der Waals surface area contributed by atoms with Gasteiger partial charge in [0, 0.05) is 16.6 Å². The molecule has 0 aromatic heterocycles. The van der Waals surface area contributed by atoms with Crippen molar-refractivity contribution in [3.63, 3.8) is 0 Å². The van der Waals surface area contributed by atoms with Crippen molar-refractivity contribution < 1.29 is 14.5 Å². The molecule has 1 aliphatic heterocycles. The van der Waals surface area contributed by atoms with E-state index in [1.165, 1.54) is 24.3 Å². The van der Waals surface area contributed by atoms with E-state index in [4.69, 9.17) is 0 Å². The van der Waals surface area contributed by atoms with E-state index in [9.17, 15) is 19.7 Å². The molecular formula is C17H11BrN2O4S. The number of non-ortho nitro benzene ring substituents is 1. The smallest absolute Gasteiger partial charge is 0.268 e. The average Bonchev–Trinajstić information content (AvgIpc) is 2.84. The molecule has 126 valence electrons. The number of carbonyl (C=O) groups is 2. The first-order valence-electron chi connectivity index (χ1n) is 7.18. The molecule has 0 atom stereocenters. The zero-order valence-corrected chi connectivity index (χ0v) is 15.1. The third-order valence-electron chi connectivity index (χ3n) is 3.51. The van der Waals surface area contributed by atoms with Crippen LogP contribution < -0.4 is 0 Å². The maximum Gasteiger partial charge on any atom is 0.293 e. The van der Waals surface area contributed by atoms with Crippen LogP contribution in [0.3, 0.4) is 0 Å². The minimum Gasteiger partial charge on any atom is -0.268 e. The Labute approximate surface area is 155 Å². The quantitative estimate of drug-likeness (QED) is 0.411. The number of hydrogen-bond donors (Lipinski definition) is 0. The lowest BCUT2D eigenvalue weighted by molar-refractivity contribution is -0.384. The van der Waals surface area contributed by atoms with Crippen LogP contribution in [-0.4, -0.2) is 21.0 Å². The molecule has 0 spiro atoms. The number of benzene rings is 2. The molecule has 2 amide bonds. The van der Waals surface area contributed by atoms with Gasteiger partial charge in [-0.05, 0) is 41.1 Å². The predicted molar refractivity (Wildman–Crippen MR) is 98.8 cm³/mol. The summed E-state index contributed by atoms with van der Waals surface area (Å²) in [5.74, 6) is -0.399. The zero-order valence-electron chi connectivity index (χ0n) is 12.7. The molecule has 6 nitrogen and oxygen atoms in total. The highest BCUT2D eigenvalue weighted by Gasteiger charge is 2.35. The molecule has 1 heterocycles. The summed E-state index contributed by atoms with van der Waals surface area (Å²) in [6.45, 7) is 0.185. The van der Waals surface area contributed by atoms with Crippen LogP contribution in [0.15, 0.2) is 57.9 Å². The fourth-order valence-corrected chi connectivity index (χ4v) is 3.39. The van der Waals surface area contributed by atoms with E-state index in [-0.39, 0.29) is 22.4 Å². The number of rotatable bonds is 4. The van der Waals surface area contributed by atoms with Crippen LogP contribution >= 0.6 is 27.7 Å². The van der Waals surface area contributed by atoms with Gasteiger partial charge in [-0.3, -0.25) is 24.6 Å². The molecule has 25 heavy (non-hydrogen) atoms. The summed E-state index contributed by atoms with van der Waals surface area (Å²) >= 11 is 4.17. The molecule has 0 radical (unpaired) electrons. The molecule has 0 unspecified atom stereocenters. The number of nitro benzene ring substituents is 1. The van der Waals surface area contributed by atoms with Crippen LogP contribution in [0.25, 0.3) is 6.08 Å². The maximum absolute atomic E-state index is 12.5. The Morgan fingerprint density at radius 2 is 1.88 bits per heavy atom. The average molecular weight is 419 g/mol. The van der Waals surface area contributed by atoms with E-state index in [1.807, 2.05) is 24.3 Å². The summed E-state index contributed by atoms with van der Waals surface area (Å²) < 4.78 is 0.913. The zero-order chi connectivity index (χ0) is 18.0. The van der Waals surface area contributed by atoms with Crippen molar-refractivity contribution >= 4 is 50.6 Å². The molecule has 3 rings (SSSR count). The van der Waals surface area contributed by atoms with Crippen molar-refractivity contribution in [3.05, 3.63) is 79.2 Å². The number of hydrogen-bond acceptors (Lipinski definition) is 5. The van der Waals surface area contributed by atoms with Gasteiger partial charge in [-0.15, -0.1) is 0 Å². The predicted octanol–water partition coefficient (Wildman–Crippen LogP) is 4.59. The number of carbonyl (C=O) groups excluding carboxylic acids is 2. The molecule has 2 aromatic carbocycles. The van der Waals surface area contributed by atoms with E-state index in [0.717, 1.165) is 26.7 Å². The van der Waals surface area contributed by atoms with Gasteiger partial charge in [-0.2, -0.15) is 0 Å². The van der Waals surface area contributed by atoms with Gasteiger partial charge in [0.05, 0.1) is 16.4 Å². The Balaban J connectivity index is 1.82. The Bertz CT molecular complexity index is 896. The number of nitro groups is 1. The lowest BCUT2D eigenvalue weighted by Crippen LogP contribution is -2.27. The minimum absolute atomic E-state index is 0.0668. The van der Waals surface area contributed by atoms with Gasteiger partial charge in [-0.25, -0.2) is 0 Å². The highest BCUT2D eigenvalue weighted by molar-refractivity contribution is 9.10. The first-order chi connectivity index (χ1) is 11.9. The van der Waals surface area contributed by atoms with Gasteiger partial charge in [0.25, 0.3) is 16.8 Å². The lowest BCUT2D eigenvalue weighted by Gasteiger charge is -2.12. The summed E-state index contributed by atoms with van der Waals surface area (Å²) in [5.41, 5.74) is 1.27. The monoisotopic (exact) mass is 418 g/mol. The topological polar surface area (TPSA) is 80.5 Å². The molecule has 2 aromatic rings. The van der Waals surface area contributed by atoms with Gasteiger partial charge in [-0.1, -0.05) is 40.2 Å². The van der Waals surface area contributed by atoms with E-state index in [2.05, 4.69) is 15.9 Å². The van der Waals surface area contributed by atoms with Crippen LogP contribution in [0.4, 0.5) is 10.5 Å². The molecule has 8 heteroatoms. The number of nitrogens with zero attached hydrogens (tertiary/aromatic N) is 2. The maximum atomic E-state index is 12.5. The molecule has 1 fully saturated rings. The number of halogens is 1. The Morgan fingerprint density at radius 1 is 1.16 bits per heavy atom. The first-order valence-corrected chi connectivity index (χ1v) is 8.79. The van der Waals surface area contributed by atoms with Crippen molar-refractivity contribution in [3.8, 4) is 0 Å². The second-order valence-electron chi connectivity index (χ2n) is 5.25. The van der Waals surface area contributed by atoms with Crippen LogP contribution in [0, 0.1) is 10.1 Å². The number of imide groups is 1. The molecule has 0 N–H and O–H groups in total. The van der Waals surface area contributed by atoms with Gasteiger partial charge in [0.15, 0.2) is 0 Å². The fourth-order valence-electron chi connectivity index (χ4n) is 2.29. The van der Waals surface area contributed by atoms with Crippen LogP contribution in [0.2, 0.25) is 0 Å². The number of amides is 2. The number of thioether (sulfide) groups is 1.